The lowest BCUT2D eigenvalue weighted by molar-refractivity contribution is 0.0600. The van der Waals surface area contributed by atoms with E-state index in [1.165, 1.54) is 12.7 Å². The van der Waals surface area contributed by atoms with Crippen molar-refractivity contribution in [2.45, 2.75) is 27.3 Å². The van der Waals surface area contributed by atoms with Crippen LogP contribution in [0.5, 0.6) is 0 Å². The minimum absolute atomic E-state index is 0.271. The molecule has 0 heterocycles. The van der Waals surface area contributed by atoms with Crippen LogP contribution in [-0.4, -0.2) is 31.6 Å². The third-order valence-electron chi connectivity index (χ3n) is 2.66. The van der Waals surface area contributed by atoms with Crippen molar-refractivity contribution in [1.82, 2.24) is 4.90 Å². The van der Waals surface area contributed by atoms with Crippen molar-refractivity contribution in [2.24, 2.45) is 5.41 Å². The van der Waals surface area contributed by atoms with E-state index in [9.17, 15) is 4.79 Å². The molecule has 0 aromatic heterocycles. The Morgan fingerprint density at radius 3 is 2.47 bits per heavy atom. The van der Waals surface area contributed by atoms with Gasteiger partial charge in [-0.05, 0) is 30.2 Å². The molecule has 1 rings (SSSR count). The summed E-state index contributed by atoms with van der Waals surface area (Å²) in [5.41, 5.74) is 2.00. The summed E-state index contributed by atoms with van der Waals surface area (Å²) in [6, 6.07) is 5.58. The molecule has 0 saturated carbocycles. The largest absolute Gasteiger partial charge is 0.465 e. The van der Waals surface area contributed by atoms with Gasteiger partial charge >= 0.3 is 5.97 Å². The van der Waals surface area contributed by atoms with Crippen molar-refractivity contribution < 1.29 is 9.53 Å². The van der Waals surface area contributed by atoms with Crippen LogP contribution in [-0.2, 0) is 11.3 Å². The number of halogens is 1. The third-order valence-corrected chi connectivity index (χ3v) is 3.40. The van der Waals surface area contributed by atoms with E-state index in [0.29, 0.717) is 5.56 Å². The zero-order valence-electron chi connectivity index (χ0n) is 12.3. The topological polar surface area (TPSA) is 29.5 Å². The van der Waals surface area contributed by atoms with Crippen molar-refractivity contribution in [1.29, 1.82) is 0 Å². The van der Waals surface area contributed by atoms with E-state index in [0.717, 1.165) is 17.6 Å². The average molecular weight is 328 g/mol. The van der Waals surface area contributed by atoms with Gasteiger partial charge in [0.2, 0.25) is 0 Å². The number of hydrogen-bond acceptors (Lipinski definition) is 3. The Hall–Kier alpha value is -0.870. The Labute approximate surface area is 124 Å². The van der Waals surface area contributed by atoms with Gasteiger partial charge in [-0.15, -0.1) is 0 Å². The number of ether oxygens (including phenoxy) is 1. The SMILES string of the molecule is COC(=O)c1ccc(CN(C)CC(C)(C)C)c(Br)c1. The molecule has 0 spiro atoms. The first-order chi connectivity index (χ1) is 8.73. The van der Waals surface area contributed by atoms with Crippen LogP contribution in [0.15, 0.2) is 22.7 Å². The summed E-state index contributed by atoms with van der Waals surface area (Å²) in [5, 5.41) is 0. The van der Waals surface area contributed by atoms with Gasteiger partial charge in [0, 0.05) is 17.6 Å². The molecule has 4 heteroatoms. The normalized spacial score (nSPS) is 11.7. The molecule has 0 saturated heterocycles. The van der Waals surface area contributed by atoms with E-state index >= 15 is 0 Å². The number of benzene rings is 1. The highest BCUT2D eigenvalue weighted by Gasteiger charge is 2.15. The number of hydrogen-bond donors (Lipinski definition) is 0. The lowest BCUT2D eigenvalue weighted by Gasteiger charge is -2.26. The molecule has 1 aromatic rings. The molecule has 0 fully saturated rings. The van der Waals surface area contributed by atoms with Gasteiger partial charge in [-0.3, -0.25) is 0 Å². The lowest BCUT2D eigenvalue weighted by Crippen LogP contribution is -2.29. The first-order valence-electron chi connectivity index (χ1n) is 6.28. The molecule has 0 N–H and O–H groups in total. The number of carbonyl (C=O) groups excluding carboxylic acids is 1. The lowest BCUT2D eigenvalue weighted by atomic mass is 9.96. The molecule has 0 aliphatic carbocycles. The first-order valence-corrected chi connectivity index (χ1v) is 7.07. The minimum atomic E-state index is -0.310. The fourth-order valence-electron chi connectivity index (χ4n) is 2.08. The van der Waals surface area contributed by atoms with Gasteiger partial charge in [-0.25, -0.2) is 4.79 Å². The number of esters is 1. The Kier molecular flexibility index (Phi) is 5.56. The van der Waals surface area contributed by atoms with Crippen molar-refractivity contribution in [3.05, 3.63) is 33.8 Å². The van der Waals surface area contributed by atoms with E-state index in [4.69, 9.17) is 4.74 Å². The van der Waals surface area contributed by atoms with E-state index in [2.05, 4.69) is 48.6 Å². The number of carbonyl (C=O) groups is 1. The summed E-state index contributed by atoms with van der Waals surface area (Å²) in [6.07, 6.45) is 0. The maximum atomic E-state index is 11.4. The standard InChI is InChI=1S/C15H22BrNO2/c1-15(2,3)10-17(4)9-12-7-6-11(8-13(12)16)14(18)19-5/h6-8H,9-10H2,1-5H3. The van der Waals surface area contributed by atoms with Crippen molar-refractivity contribution in [3.8, 4) is 0 Å². The summed E-state index contributed by atoms with van der Waals surface area (Å²) in [4.78, 5) is 13.7. The summed E-state index contributed by atoms with van der Waals surface area (Å²) < 4.78 is 5.65. The van der Waals surface area contributed by atoms with Gasteiger partial charge in [0.15, 0.2) is 0 Å². The van der Waals surface area contributed by atoms with Crippen LogP contribution >= 0.6 is 15.9 Å². The van der Waals surface area contributed by atoms with Crippen LogP contribution in [0.3, 0.4) is 0 Å². The summed E-state index contributed by atoms with van der Waals surface area (Å²) in [5.74, 6) is -0.310. The molecule has 1 aromatic carbocycles. The summed E-state index contributed by atoms with van der Waals surface area (Å²) in [7, 11) is 3.49. The van der Waals surface area contributed by atoms with Crippen molar-refractivity contribution in [2.75, 3.05) is 20.7 Å². The van der Waals surface area contributed by atoms with Gasteiger partial charge in [-0.2, -0.15) is 0 Å². The highest BCUT2D eigenvalue weighted by Crippen LogP contribution is 2.22. The quantitative estimate of drug-likeness (QED) is 0.789. The van der Waals surface area contributed by atoms with E-state index in [1.807, 2.05) is 12.1 Å². The molecule has 0 aliphatic heterocycles. The van der Waals surface area contributed by atoms with Crippen LogP contribution in [0.25, 0.3) is 0 Å². The van der Waals surface area contributed by atoms with E-state index < -0.39 is 0 Å². The fourth-order valence-corrected chi connectivity index (χ4v) is 2.58. The minimum Gasteiger partial charge on any atom is -0.465 e. The molecule has 0 amide bonds. The Bertz CT molecular complexity index is 452. The molecule has 0 bridgehead atoms. The zero-order chi connectivity index (χ0) is 14.6. The summed E-state index contributed by atoms with van der Waals surface area (Å²) >= 11 is 3.52. The number of rotatable bonds is 4. The molecular formula is C15H22BrNO2. The van der Waals surface area contributed by atoms with Crippen LogP contribution in [0.1, 0.15) is 36.7 Å². The van der Waals surface area contributed by atoms with Crippen LogP contribution in [0.4, 0.5) is 0 Å². The second-order valence-corrected chi connectivity index (χ2v) is 6.89. The van der Waals surface area contributed by atoms with Crippen LogP contribution in [0.2, 0.25) is 0 Å². The molecule has 0 atom stereocenters. The molecule has 0 unspecified atom stereocenters. The van der Waals surface area contributed by atoms with E-state index in [-0.39, 0.29) is 11.4 Å². The Morgan fingerprint density at radius 1 is 1.37 bits per heavy atom. The second kappa shape index (κ2) is 6.53. The van der Waals surface area contributed by atoms with E-state index in [1.54, 1.807) is 6.07 Å². The predicted octanol–water partition coefficient (Wildman–Crippen LogP) is 3.71. The van der Waals surface area contributed by atoms with Crippen LogP contribution in [0, 0.1) is 5.41 Å². The monoisotopic (exact) mass is 327 g/mol. The highest BCUT2D eigenvalue weighted by molar-refractivity contribution is 9.10. The zero-order valence-corrected chi connectivity index (χ0v) is 13.9. The molecule has 19 heavy (non-hydrogen) atoms. The highest BCUT2D eigenvalue weighted by atomic mass is 79.9. The molecular weight excluding hydrogens is 306 g/mol. The van der Waals surface area contributed by atoms with Crippen molar-refractivity contribution >= 4 is 21.9 Å². The number of nitrogens with zero attached hydrogens (tertiary/aromatic N) is 1. The van der Waals surface area contributed by atoms with Gasteiger partial charge in [-0.1, -0.05) is 42.8 Å². The maximum Gasteiger partial charge on any atom is 0.337 e. The fraction of sp³-hybridized carbons (Fsp3) is 0.533. The predicted molar refractivity (Wildman–Crippen MR) is 81.3 cm³/mol. The number of methoxy groups -OCH3 is 1. The van der Waals surface area contributed by atoms with Gasteiger partial charge in [0.1, 0.15) is 0 Å². The maximum absolute atomic E-state index is 11.4. The molecule has 0 aliphatic rings. The van der Waals surface area contributed by atoms with Gasteiger partial charge in [0.25, 0.3) is 0 Å². The summed E-state index contributed by atoms with van der Waals surface area (Å²) in [6.45, 7) is 8.52. The Balaban J connectivity index is 2.78. The first kappa shape index (κ1) is 16.2. The second-order valence-electron chi connectivity index (χ2n) is 6.03. The van der Waals surface area contributed by atoms with Crippen LogP contribution < -0.4 is 0 Å². The average Bonchev–Trinajstić information content (AvgIpc) is 2.28. The Morgan fingerprint density at radius 2 is 2.00 bits per heavy atom. The molecule has 0 radical (unpaired) electrons. The molecule has 3 nitrogen and oxygen atoms in total. The van der Waals surface area contributed by atoms with Gasteiger partial charge in [0.05, 0.1) is 12.7 Å². The van der Waals surface area contributed by atoms with Crippen molar-refractivity contribution in [3.63, 3.8) is 0 Å². The molecule has 106 valence electrons. The smallest absolute Gasteiger partial charge is 0.337 e. The third kappa shape index (κ3) is 5.33. The van der Waals surface area contributed by atoms with Gasteiger partial charge < -0.3 is 9.64 Å².